The zero-order valence-electron chi connectivity index (χ0n) is 11.1. The van der Waals surface area contributed by atoms with Crippen LogP contribution in [0.3, 0.4) is 0 Å². The molecule has 5 heteroatoms. The molecule has 2 rings (SSSR count). The van der Waals surface area contributed by atoms with Gasteiger partial charge in [0, 0.05) is 3.57 Å². The van der Waals surface area contributed by atoms with E-state index >= 15 is 0 Å². The highest BCUT2D eigenvalue weighted by Crippen LogP contribution is 2.13. The molecule has 21 heavy (non-hydrogen) atoms. The number of benzene rings is 2. The highest BCUT2D eigenvalue weighted by Gasteiger charge is 2.10. The number of nitriles is 1. The summed E-state index contributed by atoms with van der Waals surface area (Å²) in [5, 5.41) is 8.69. The van der Waals surface area contributed by atoms with Crippen molar-refractivity contribution in [2.24, 2.45) is 0 Å². The predicted molar refractivity (Wildman–Crippen MR) is 86.1 cm³/mol. The minimum atomic E-state index is -0.358. The maximum Gasteiger partial charge on any atom is 0.339 e. The molecule has 0 fully saturated rings. The Morgan fingerprint density at radius 3 is 2.48 bits per heavy atom. The molecule has 0 amide bonds. The minimum absolute atomic E-state index is 0.170. The second-order valence-electron chi connectivity index (χ2n) is 4.10. The molecule has 4 nitrogen and oxygen atoms in total. The first-order valence-corrected chi connectivity index (χ1v) is 7.33. The van der Waals surface area contributed by atoms with Crippen LogP contribution in [0.4, 0.5) is 0 Å². The number of hydrogen-bond donors (Lipinski definition) is 0. The average molecular weight is 393 g/mol. The molecule has 0 atom stereocenters. The van der Waals surface area contributed by atoms with Gasteiger partial charge in [-0.1, -0.05) is 12.1 Å². The molecule has 0 bridgehead atoms. The van der Waals surface area contributed by atoms with Crippen LogP contribution >= 0.6 is 22.6 Å². The van der Waals surface area contributed by atoms with Gasteiger partial charge in [-0.2, -0.15) is 5.26 Å². The van der Waals surface area contributed by atoms with Crippen LogP contribution in [0, 0.1) is 14.9 Å². The van der Waals surface area contributed by atoms with Gasteiger partial charge in [-0.05, 0) is 59.0 Å². The van der Waals surface area contributed by atoms with E-state index in [1.165, 1.54) is 0 Å². The van der Waals surface area contributed by atoms with E-state index in [1.54, 1.807) is 36.4 Å². The summed E-state index contributed by atoms with van der Waals surface area (Å²) in [6.07, 6.45) is 0. The summed E-state index contributed by atoms with van der Waals surface area (Å²) in [6, 6.07) is 16.0. The van der Waals surface area contributed by atoms with Crippen LogP contribution in [0.5, 0.6) is 5.75 Å². The molecule has 0 N–H and O–H groups in total. The molecule has 0 radical (unpaired) electrons. The third kappa shape index (κ3) is 4.46. The number of nitrogens with zero attached hydrogens (tertiary/aromatic N) is 1. The fourth-order valence-electron chi connectivity index (χ4n) is 1.62. The summed E-state index contributed by atoms with van der Waals surface area (Å²) < 4.78 is 11.4. The van der Waals surface area contributed by atoms with Crippen LogP contribution in [0.25, 0.3) is 0 Å². The van der Waals surface area contributed by atoms with Crippen molar-refractivity contribution in [2.45, 2.75) is 0 Å². The quantitative estimate of drug-likeness (QED) is 0.444. The van der Waals surface area contributed by atoms with Gasteiger partial charge < -0.3 is 9.47 Å². The molecule has 2 aromatic rings. The predicted octanol–water partition coefficient (Wildman–Crippen LogP) is 3.40. The third-order valence-corrected chi connectivity index (χ3v) is 3.60. The Bertz CT molecular complexity index is 662. The van der Waals surface area contributed by atoms with Crippen LogP contribution in [0.15, 0.2) is 48.5 Å². The fraction of sp³-hybridized carbons (Fsp3) is 0.125. The molecular formula is C16H12INO3. The summed E-state index contributed by atoms with van der Waals surface area (Å²) in [5.74, 6) is 0.280. The topological polar surface area (TPSA) is 59.3 Å². The van der Waals surface area contributed by atoms with Gasteiger partial charge in [0.2, 0.25) is 0 Å². The standard InChI is InChI=1S/C16H12INO3/c17-15-4-2-1-3-14(15)16(19)21-10-9-20-13-7-5-12(11-18)6-8-13/h1-8H,9-10H2. The van der Waals surface area contributed by atoms with E-state index < -0.39 is 0 Å². The largest absolute Gasteiger partial charge is 0.490 e. The molecule has 0 saturated heterocycles. The molecule has 2 aromatic carbocycles. The fourth-order valence-corrected chi connectivity index (χ4v) is 2.23. The molecule has 0 saturated carbocycles. The number of rotatable bonds is 5. The average Bonchev–Trinajstić information content (AvgIpc) is 2.52. The number of ether oxygens (including phenoxy) is 2. The van der Waals surface area contributed by atoms with Gasteiger partial charge in [0.25, 0.3) is 0 Å². The van der Waals surface area contributed by atoms with Gasteiger partial charge in [0.1, 0.15) is 19.0 Å². The van der Waals surface area contributed by atoms with E-state index in [2.05, 4.69) is 22.6 Å². The lowest BCUT2D eigenvalue weighted by molar-refractivity contribution is 0.0449. The summed E-state index contributed by atoms with van der Waals surface area (Å²) in [4.78, 5) is 11.8. The normalized spacial score (nSPS) is 9.71. The van der Waals surface area contributed by atoms with Crippen LogP contribution in [-0.4, -0.2) is 19.2 Å². The Morgan fingerprint density at radius 1 is 1.10 bits per heavy atom. The molecule has 0 heterocycles. The zero-order chi connectivity index (χ0) is 15.1. The smallest absolute Gasteiger partial charge is 0.339 e. The zero-order valence-corrected chi connectivity index (χ0v) is 13.2. The van der Waals surface area contributed by atoms with Gasteiger partial charge in [0.05, 0.1) is 17.2 Å². The van der Waals surface area contributed by atoms with E-state index in [0.29, 0.717) is 16.9 Å². The summed E-state index contributed by atoms with van der Waals surface area (Å²) in [7, 11) is 0. The van der Waals surface area contributed by atoms with E-state index in [0.717, 1.165) is 3.57 Å². The Hall–Kier alpha value is -2.07. The highest BCUT2D eigenvalue weighted by atomic mass is 127. The van der Waals surface area contributed by atoms with Crippen molar-refractivity contribution >= 4 is 28.6 Å². The van der Waals surface area contributed by atoms with Gasteiger partial charge >= 0.3 is 5.97 Å². The number of hydrogen-bond acceptors (Lipinski definition) is 4. The van der Waals surface area contributed by atoms with Crippen molar-refractivity contribution in [3.05, 3.63) is 63.2 Å². The van der Waals surface area contributed by atoms with Crippen LogP contribution in [0.2, 0.25) is 0 Å². The van der Waals surface area contributed by atoms with Gasteiger partial charge in [-0.25, -0.2) is 4.79 Å². The Morgan fingerprint density at radius 2 is 1.81 bits per heavy atom. The van der Waals surface area contributed by atoms with Gasteiger partial charge in [-0.3, -0.25) is 0 Å². The Kier molecular flexibility index (Phi) is 5.58. The Balaban J connectivity index is 1.78. The van der Waals surface area contributed by atoms with Crippen molar-refractivity contribution in [2.75, 3.05) is 13.2 Å². The first-order valence-electron chi connectivity index (χ1n) is 6.25. The summed E-state index contributed by atoms with van der Waals surface area (Å²) >= 11 is 2.09. The van der Waals surface area contributed by atoms with Crippen molar-refractivity contribution in [1.29, 1.82) is 5.26 Å². The lowest BCUT2D eigenvalue weighted by Gasteiger charge is -2.08. The number of esters is 1. The molecule has 0 aromatic heterocycles. The van der Waals surface area contributed by atoms with Crippen molar-refractivity contribution in [3.63, 3.8) is 0 Å². The van der Waals surface area contributed by atoms with Crippen LogP contribution in [-0.2, 0) is 4.74 Å². The van der Waals surface area contributed by atoms with E-state index in [4.69, 9.17) is 14.7 Å². The van der Waals surface area contributed by atoms with E-state index in [9.17, 15) is 4.79 Å². The van der Waals surface area contributed by atoms with E-state index in [1.807, 2.05) is 18.2 Å². The number of carbonyl (C=O) groups excluding carboxylic acids is 1. The lowest BCUT2D eigenvalue weighted by Crippen LogP contribution is -2.13. The molecule has 0 aliphatic carbocycles. The van der Waals surface area contributed by atoms with Gasteiger partial charge in [-0.15, -0.1) is 0 Å². The first kappa shape index (κ1) is 15.3. The summed E-state index contributed by atoms with van der Waals surface area (Å²) in [6.45, 7) is 0.435. The molecule has 0 aliphatic rings. The first-order chi connectivity index (χ1) is 10.2. The molecular weight excluding hydrogens is 381 g/mol. The van der Waals surface area contributed by atoms with Crippen LogP contribution < -0.4 is 4.74 Å². The molecule has 0 spiro atoms. The maximum atomic E-state index is 11.8. The Labute approximate surface area is 136 Å². The monoisotopic (exact) mass is 393 g/mol. The second kappa shape index (κ2) is 7.64. The van der Waals surface area contributed by atoms with E-state index in [-0.39, 0.29) is 19.2 Å². The highest BCUT2D eigenvalue weighted by molar-refractivity contribution is 14.1. The minimum Gasteiger partial charge on any atom is -0.490 e. The summed E-state index contributed by atoms with van der Waals surface area (Å²) in [5.41, 5.74) is 1.13. The molecule has 0 unspecified atom stereocenters. The maximum absolute atomic E-state index is 11.8. The van der Waals surface area contributed by atoms with Gasteiger partial charge in [0.15, 0.2) is 0 Å². The number of halogens is 1. The lowest BCUT2D eigenvalue weighted by atomic mass is 10.2. The van der Waals surface area contributed by atoms with Crippen LogP contribution in [0.1, 0.15) is 15.9 Å². The number of carbonyl (C=O) groups is 1. The molecule has 0 aliphatic heterocycles. The SMILES string of the molecule is N#Cc1ccc(OCCOC(=O)c2ccccc2I)cc1. The van der Waals surface area contributed by atoms with Crippen molar-refractivity contribution in [3.8, 4) is 11.8 Å². The van der Waals surface area contributed by atoms with Crippen molar-refractivity contribution < 1.29 is 14.3 Å². The second-order valence-corrected chi connectivity index (χ2v) is 5.26. The molecule has 106 valence electrons. The third-order valence-electron chi connectivity index (χ3n) is 2.66. The van der Waals surface area contributed by atoms with Crippen molar-refractivity contribution in [1.82, 2.24) is 0 Å².